The highest BCUT2D eigenvalue weighted by Crippen LogP contribution is 2.20. The maximum absolute atomic E-state index is 4.19. The van der Waals surface area contributed by atoms with Gasteiger partial charge in [-0.1, -0.05) is 88.1 Å². The van der Waals surface area contributed by atoms with Gasteiger partial charge >= 0.3 is 0 Å². The fourth-order valence-electron chi connectivity index (χ4n) is 2.38. The number of allylic oxidation sites excluding steroid dienone is 7. The molecule has 0 nitrogen and oxygen atoms in total. The van der Waals surface area contributed by atoms with Gasteiger partial charge in [-0.2, -0.15) is 0 Å². The van der Waals surface area contributed by atoms with E-state index >= 15 is 0 Å². The van der Waals surface area contributed by atoms with Crippen molar-refractivity contribution >= 4 is 11.6 Å². The summed E-state index contributed by atoms with van der Waals surface area (Å²) in [6, 6.07) is 8.33. The molecular weight excluding hydrogens is 276 g/mol. The molecule has 0 saturated carbocycles. The van der Waals surface area contributed by atoms with Gasteiger partial charge in [-0.05, 0) is 54.0 Å². The van der Waals surface area contributed by atoms with E-state index in [-0.39, 0.29) is 0 Å². The largest absolute Gasteiger partial charge is 0.0985 e. The minimum Gasteiger partial charge on any atom is -0.0985 e. The summed E-state index contributed by atoms with van der Waals surface area (Å²) in [6.07, 6.45) is 11.7. The van der Waals surface area contributed by atoms with E-state index in [1.807, 2.05) is 6.08 Å². The number of hydrogen-bond acceptors (Lipinski definition) is 0. The van der Waals surface area contributed by atoms with Crippen LogP contribution in [0.1, 0.15) is 58.1 Å². The Morgan fingerprint density at radius 1 is 0.957 bits per heavy atom. The Kier molecular flexibility index (Phi) is 8.11. The summed E-state index contributed by atoms with van der Waals surface area (Å²) >= 11 is 0. The van der Waals surface area contributed by atoms with Gasteiger partial charge in [0.15, 0.2) is 0 Å². The molecule has 0 heterocycles. The molecular formula is C23H30. The fraction of sp³-hybridized carbons (Fsp3) is 0.304. The molecule has 0 spiro atoms. The first-order chi connectivity index (χ1) is 11.0. The van der Waals surface area contributed by atoms with Crippen LogP contribution in [0.3, 0.4) is 0 Å². The second-order valence-electron chi connectivity index (χ2n) is 5.77. The molecule has 0 N–H and O–H groups in total. The maximum atomic E-state index is 4.19. The van der Waals surface area contributed by atoms with E-state index in [9.17, 15) is 0 Å². The highest BCUT2D eigenvalue weighted by molar-refractivity contribution is 5.73. The van der Waals surface area contributed by atoms with E-state index in [4.69, 9.17) is 0 Å². The van der Waals surface area contributed by atoms with Crippen LogP contribution in [0, 0.1) is 0 Å². The predicted octanol–water partition coefficient (Wildman–Crippen LogP) is 7.37. The second kappa shape index (κ2) is 9.84. The molecule has 0 aliphatic rings. The third kappa shape index (κ3) is 5.90. The minimum atomic E-state index is 1.03. The van der Waals surface area contributed by atoms with E-state index in [0.717, 1.165) is 36.0 Å². The summed E-state index contributed by atoms with van der Waals surface area (Å²) in [4.78, 5) is 0. The van der Waals surface area contributed by atoms with Gasteiger partial charge in [-0.25, -0.2) is 0 Å². The van der Waals surface area contributed by atoms with E-state index in [1.54, 1.807) is 0 Å². The molecule has 23 heavy (non-hydrogen) atoms. The van der Waals surface area contributed by atoms with Gasteiger partial charge in [-0.3, -0.25) is 0 Å². The highest BCUT2D eigenvalue weighted by atomic mass is 14.0. The van der Waals surface area contributed by atoms with Crippen LogP contribution < -0.4 is 0 Å². The Bertz CT molecular complexity index is 619. The predicted molar refractivity (Wildman–Crippen MR) is 106 cm³/mol. The summed E-state index contributed by atoms with van der Waals surface area (Å²) in [7, 11) is 0. The van der Waals surface area contributed by atoms with Crippen LogP contribution in [0.4, 0.5) is 0 Å². The molecule has 0 unspecified atom stereocenters. The van der Waals surface area contributed by atoms with Gasteiger partial charge in [-0.15, -0.1) is 0 Å². The van der Waals surface area contributed by atoms with Crippen LogP contribution in [-0.2, 0) is 0 Å². The monoisotopic (exact) mass is 306 g/mol. The molecule has 0 aromatic heterocycles. The van der Waals surface area contributed by atoms with Gasteiger partial charge in [0, 0.05) is 0 Å². The van der Waals surface area contributed by atoms with Crippen molar-refractivity contribution in [1.29, 1.82) is 0 Å². The Morgan fingerprint density at radius 2 is 1.61 bits per heavy atom. The molecule has 0 amide bonds. The third-order valence-electron chi connectivity index (χ3n) is 4.24. The van der Waals surface area contributed by atoms with Crippen molar-refractivity contribution in [2.75, 3.05) is 0 Å². The molecule has 1 aromatic rings. The zero-order chi connectivity index (χ0) is 17.2. The first kappa shape index (κ1) is 19.0. The lowest BCUT2D eigenvalue weighted by atomic mass is 9.99. The number of rotatable bonds is 8. The SMILES string of the molecule is C=Cc1ccc(C(=C)/C=C/C(=C/C(CC)=C(\C)CC)CC)cc1. The highest BCUT2D eigenvalue weighted by Gasteiger charge is 1.99. The Balaban J connectivity index is 2.94. The van der Waals surface area contributed by atoms with Crippen molar-refractivity contribution in [2.24, 2.45) is 0 Å². The van der Waals surface area contributed by atoms with E-state index < -0.39 is 0 Å². The van der Waals surface area contributed by atoms with Gasteiger partial charge in [0.25, 0.3) is 0 Å². The maximum Gasteiger partial charge on any atom is -0.0190 e. The van der Waals surface area contributed by atoms with Crippen LogP contribution in [0.2, 0.25) is 0 Å². The van der Waals surface area contributed by atoms with Gasteiger partial charge in [0.2, 0.25) is 0 Å². The molecule has 0 aliphatic heterocycles. The fourth-order valence-corrected chi connectivity index (χ4v) is 2.38. The van der Waals surface area contributed by atoms with Crippen LogP contribution in [0.5, 0.6) is 0 Å². The molecule has 0 fully saturated rings. The minimum absolute atomic E-state index is 1.03. The first-order valence-corrected chi connectivity index (χ1v) is 8.54. The van der Waals surface area contributed by atoms with E-state index in [1.165, 1.54) is 16.7 Å². The topological polar surface area (TPSA) is 0 Å². The molecule has 0 saturated heterocycles. The zero-order valence-electron chi connectivity index (χ0n) is 15.2. The quantitative estimate of drug-likeness (QED) is 0.440. The molecule has 0 heteroatoms. The van der Waals surface area contributed by atoms with Crippen molar-refractivity contribution in [3.8, 4) is 0 Å². The Hall–Kier alpha value is -2.08. The summed E-state index contributed by atoms with van der Waals surface area (Å²) in [5, 5.41) is 0. The van der Waals surface area contributed by atoms with Crippen LogP contribution in [-0.4, -0.2) is 0 Å². The first-order valence-electron chi connectivity index (χ1n) is 8.54. The van der Waals surface area contributed by atoms with Crippen molar-refractivity contribution < 1.29 is 0 Å². The average Bonchev–Trinajstić information content (AvgIpc) is 2.61. The smallest absolute Gasteiger partial charge is 0.0190 e. The normalized spacial score (nSPS) is 13.1. The van der Waals surface area contributed by atoms with Gasteiger partial charge in [0.05, 0.1) is 0 Å². The van der Waals surface area contributed by atoms with Crippen molar-refractivity contribution in [1.82, 2.24) is 0 Å². The average molecular weight is 306 g/mol. The molecule has 0 bridgehead atoms. The van der Waals surface area contributed by atoms with E-state index in [0.29, 0.717) is 0 Å². The van der Waals surface area contributed by atoms with Crippen molar-refractivity contribution in [3.63, 3.8) is 0 Å². The lowest BCUT2D eigenvalue weighted by Crippen LogP contribution is -1.86. The second-order valence-corrected chi connectivity index (χ2v) is 5.77. The van der Waals surface area contributed by atoms with E-state index in [2.05, 4.69) is 83.3 Å². The summed E-state index contributed by atoms with van der Waals surface area (Å²) < 4.78 is 0. The number of benzene rings is 1. The van der Waals surface area contributed by atoms with Crippen LogP contribution in [0.15, 0.2) is 72.4 Å². The third-order valence-corrected chi connectivity index (χ3v) is 4.24. The standard InChI is InChI=1S/C23H30/c1-7-18(5)22(10-4)17-21(9-3)12-11-19(6)23-15-13-20(8-2)14-16-23/h8,11-17H,2,6-7,9-10H2,1,3-5H3/b12-11+,21-17+,22-18+. The Morgan fingerprint density at radius 3 is 2.09 bits per heavy atom. The van der Waals surface area contributed by atoms with Gasteiger partial charge in [0.1, 0.15) is 0 Å². The zero-order valence-corrected chi connectivity index (χ0v) is 15.2. The van der Waals surface area contributed by atoms with Crippen LogP contribution in [0.25, 0.3) is 11.6 Å². The molecule has 0 atom stereocenters. The van der Waals surface area contributed by atoms with Crippen molar-refractivity contribution in [3.05, 3.63) is 83.5 Å². The lowest BCUT2D eigenvalue weighted by molar-refractivity contribution is 1.01. The van der Waals surface area contributed by atoms with Crippen LogP contribution >= 0.6 is 0 Å². The molecule has 1 rings (SSSR count). The lowest BCUT2D eigenvalue weighted by Gasteiger charge is -2.07. The molecule has 1 aromatic carbocycles. The van der Waals surface area contributed by atoms with Gasteiger partial charge < -0.3 is 0 Å². The molecule has 122 valence electrons. The molecule has 0 aliphatic carbocycles. The number of hydrogen-bond donors (Lipinski definition) is 0. The Labute approximate surface area is 142 Å². The summed E-state index contributed by atoms with van der Waals surface area (Å²) in [5.74, 6) is 0. The molecule has 0 radical (unpaired) electrons. The summed E-state index contributed by atoms with van der Waals surface area (Å²) in [5.41, 5.74) is 7.60. The van der Waals surface area contributed by atoms with Crippen molar-refractivity contribution in [2.45, 2.75) is 47.0 Å². The summed E-state index contributed by atoms with van der Waals surface area (Å²) in [6.45, 7) is 16.8.